The molecule has 3 N–H and O–H groups in total. The smallest absolute Gasteiger partial charge is 0.328 e. The number of hydrogen-bond acceptors (Lipinski definition) is 4. The second kappa shape index (κ2) is 8.58. The van der Waals surface area contributed by atoms with Gasteiger partial charge in [0.05, 0.1) is 18.9 Å². The van der Waals surface area contributed by atoms with Gasteiger partial charge in [0, 0.05) is 12.2 Å². The number of aliphatic carboxylic acids is 2. The van der Waals surface area contributed by atoms with Gasteiger partial charge in [0.25, 0.3) is 0 Å². The maximum atomic E-state index is 13.1. The maximum Gasteiger partial charge on any atom is 0.328 e. The van der Waals surface area contributed by atoms with E-state index in [0.29, 0.717) is 18.2 Å². The van der Waals surface area contributed by atoms with Crippen molar-refractivity contribution in [3.05, 3.63) is 59.9 Å². The Labute approximate surface area is 143 Å². The van der Waals surface area contributed by atoms with Gasteiger partial charge in [-0.2, -0.15) is 0 Å². The molecule has 0 radical (unpaired) electrons. The molecule has 2 aromatic rings. The maximum absolute atomic E-state index is 13.1. The highest BCUT2D eigenvalue weighted by atomic mass is 19.1. The van der Waals surface area contributed by atoms with Gasteiger partial charge in [-0.3, -0.25) is 4.99 Å². The Morgan fingerprint density at radius 2 is 1.80 bits per heavy atom. The van der Waals surface area contributed by atoms with Crippen molar-refractivity contribution in [3.8, 4) is 0 Å². The monoisotopic (exact) mass is 344 g/mol. The summed E-state index contributed by atoms with van der Waals surface area (Å²) < 4.78 is 13.1. The average molecular weight is 344 g/mol. The second-order valence-electron chi connectivity index (χ2n) is 5.40. The lowest BCUT2D eigenvalue weighted by molar-refractivity contribution is -0.134. The molecular formula is C18H17FN2O4. The Bertz CT molecular complexity index is 809. The van der Waals surface area contributed by atoms with E-state index in [4.69, 9.17) is 10.2 Å². The first kappa shape index (κ1) is 18.1. The predicted octanol–water partition coefficient (Wildman–Crippen LogP) is 2.23. The summed E-state index contributed by atoms with van der Waals surface area (Å²) in [5.74, 6) is -2.70. The first-order valence-corrected chi connectivity index (χ1v) is 7.50. The Balaban J connectivity index is 0.000000242. The highest BCUT2D eigenvalue weighted by molar-refractivity contribution is 5.89. The summed E-state index contributed by atoms with van der Waals surface area (Å²) in [5.41, 5.74) is 1.21. The number of nitrogens with zero attached hydrogens (tertiary/aromatic N) is 1. The fourth-order valence-electron chi connectivity index (χ4n) is 2.34. The van der Waals surface area contributed by atoms with Crippen LogP contribution >= 0.6 is 0 Å². The van der Waals surface area contributed by atoms with Crippen molar-refractivity contribution in [2.24, 2.45) is 4.99 Å². The molecule has 0 amide bonds. The van der Waals surface area contributed by atoms with Crippen molar-refractivity contribution in [1.82, 2.24) is 5.32 Å². The van der Waals surface area contributed by atoms with Gasteiger partial charge in [-0.15, -0.1) is 0 Å². The van der Waals surface area contributed by atoms with Gasteiger partial charge in [-0.1, -0.05) is 24.3 Å². The highest BCUT2D eigenvalue weighted by Gasteiger charge is 2.11. The van der Waals surface area contributed by atoms with E-state index in [1.165, 1.54) is 11.6 Å². The average Bonchev–Trinajstić information content (AvgIpc) is 3.06. The number of carboxylic acid groups (broad SMARTS) is 2. The van der Waals surface area contributed by atoms with Crippen LogP contribution in [0.4, 0.5) is 4.39 Å². The third-order valence-electron chi connectivity index (χ3n) is 3.44. The fourth-order valence-corrected chi connectivity index (χ4v) is 2.34. The first-order chi connectivity index (χ1) is 11.9. The number of carboxylic acids is 2. The lowest BCUT2D eigenvalue weighted by Gasteiger charge is -2.10. The number of carbonyl (C=O) groups is 2. The molecule has 130 valence electrons. The summed E-state index contributed by atoms with van der Waals surface area (Å²) in [6, 6.07) is 11.5. The minimum Gasteiger partial charge on any atom is -0.478 e. The zero-order valence-electron chi connectivity index (χ0n) is 13.2. The number of rotatable bonds is 4. The summed E-state index contributed by atoms with van der Waals surface area (Å²) in [6.07, 6.45) is 3.79. The molecule has 0 saturated heterocycles. The van der Waals surface area contributed by atoms with Gasteiger partial charge in [0.1, 0.15) is 5.82 Å². The lowest BCUT2D eigenvalue weighted by Crippen LogP contribution is -2.26. The zero-order valence-corrected chi connectivity index (χ0v) is 13.2. The molecule has 2 aromatic carbocycles. The van der Waals surface area contributed by atoms with Crippen LogP contribution in [-0.2, 0) is 16.0 Å². The van der Waals surface area contributed by atoms with Crippen LogP contribution < -0.4 is 5.32 Å². The quantitative estimate of drug-likeness (QED) is 0.739. The van der Waals surface area contributed by atoms with Crippen molar-refractivity contribution < 1.29 is 24.2 Å². The number of hydrogen-bond donors (Lipinski definition) is 3. The zero-order chi connectivity index (χ0) is 18.2. The summed E-state index contributed by atoms with van der Waals surface area (Å²) in [5, 5.41) is 20.9. The van der Waals surface area contributed by atoms with Crippen LogP contribution in [0.25, 0.3) is 10.8 Å². The largest absolute Gasteiger partial charge is 0.478 e. The van der Waals surface area contributed by atoms with Gasteiger partial charge in [-0.25, -0.2) is 14.0 Å². The van der Waals surface area contributed by atoms with Crippen molar-refractivity contribution in [2.45, 2.75) is 12.5 Å². The fraction of sp³-hybridized carbons (Fsp3) is 0.167. The molecule has 0 aliphatic carbocycles. The van der Waals surface area contributed by atoms with Gasteiger partial charge in [0.2, 0.25) is 0 Å². The standard InChI is InChI=1S/C14H13FN2.C4H4O4/c15-13-4-3-11-2-1-10(5-12(11)7-13)6-14-8-16-9-17-14;5-3(6)1-2-4(7)8/h1-5,7,9,14H,6,8H2,(H,16,17);1-2H,(H,5,6)(H,7,8)/b;2-1+. The minimum absolute atomic E-state index is 0.183. The van der Waals surface area contributed by atoms with Crippen molar-refractivity contribution in [2.75, 3.05) is 6.54 Å². The van der Waals surface area contributed by atoms with E-state index in [-0.39, 0.29) is 5.82 Å². The van der Waals surface area contributed by atoms with Crippen LogP contribution in [0.1, 0.15) is 5.56 Å². The molecule has 1 aliphatic rings. The molecule has 3 rings (SSSR count). The Hall–Kier alpha value is -3.22. The number of aliphatic imine (C=N–C) groups is 1. The van der Waals surface area contributed by atoms with E-state index in [2.05, 4.69) is 22.4 Å². The van der Waals surface area contributed by atoms with E-state index in [0.717, 1.165) is 23.7 Å². The molecule has 25 heavy (non-hydrogen) atoms. The molecule has 0 saturated carbocycles. The Kier molecular flexibility index (Phi) is 6.22. The van der Waals surface area contributed by atoms with E-state index in [1.54, 1.807) is 12.4 Å². The molecule has 0 spiro atoms. The van der Waals surface area contributed by atoms with Gasteiger partial charge in [0.15, 0.2) is 0 Å². The Morgan fingerprint density at radius 3 is 2.40 bits per heavy atom. The van der Waals surface area contributed by atoms with Crippen molar-refractivity contribution in [3.63, 3.8) is 0 Å². The molecule has 1 heterocycles. The van der Waals surface area contributed by atoms with E-state index in [9.17, 15) is 14.0 Å². The van der Waals surface area contributed by atoms with Crippen LogP contribution in [0, 0.1) is 5.82 Å². The predicted molar refractivity (Wildman–Crippen MR) is 92.3 cm³/mol. The van der Waals surface area contributed by atoms with Gasteiger partial charge >= 0.3 is 11.9 Å². The number of halogens is 1. The molecule has 1 unspecified atom stereocenters. The molecule has 0 bridgehead atoms. The molecule has 6 nitrogen and oxygen atoms in total. The van der Waals surface area contributed by atoms with Crippen LogP contribution in [-0.4, -0.2) is 41.1 Å². The summed E-state index contributed by atoms with van der Waals surface area (Å²) >= 11 is 0. The van der Waals surface area contributed by atoms with Gasteiger partial charge in [-0.05, 0) is 34.9 Å². The first-order valence-electron chi connectivity index (χ1n) is 7.50. The highest BCUT2D eigenvalue weighted by Crippen LogP contribution is 2.18. The normalized spacial score (nSPS) is 15.6. The topological polar surface area (TPSA) is 99.0 Å². The van der Waals surface area contributed by atoms with E-state index < -0.39 is 11.9 Å². The van der Waals surface area contributed by atoms with Crippen molar-refractivity contribution in [1.29, 1.82) is 0 Å². The van der Waals surface area contributed by atoms with Crippen molar-refractivity contribution >= 4 is 29.0 Å². The van der Waals surface area contributed by atoms with E-state index >= 15 is 0 Å². The second-order valence-corrected chi connectivity index (χ2v) is 5.40. The molecule has 7 heteroatoms. The van der Waals surface area contributed by atoms with Crippen LogP contribution in [0.15, 0.2) is 53.5 Å². The van der Waals surface area contributed by atoms with Gasteiger partial charge < -0.3 is 15.5 Å². The number of nitrogens with one attached hydrogen (secondary N) is 1. The summed E-state index contributed by atoms with van der Waals surface area (Å²) in [6.45, 7) is 0.821. The third kappa shape index (κ3) is 6.06. The molecule has 1 atom stereocenters. The SMILES string of the molecule is Fc1ccc2ccc(CC3CN=CN3)cc2c1.O=C(O)/C=C/C(=O)O. The van der Waals surface area contributed by atoms with Crippen LogP contribution in [0.3, 0.4) is 0 Å². The molecule has 1 aliphatic heterocycles. The summed E-state index contributed by atoms with van der Waals surface area (Å²) in [4.78, 5) is 23.2. The van der Waals surface area contributed by atoms with Crippen LogP contribution in [0.5, 0.6) is 0 Å². The number of fused-ring (bicyclic) bond motifs is 1. The third-order valence-corrected chi connectivity index (χ3v) is 3.44. The molecular weight excluding hydrogens is 327 g/mol. The Morgan fingerprint density at radius 1 is 1.12 bits per heavy atom. The van der Waals surface area contributed by atoms with E-state index in [1.807, 2.05) is 12.1 Å². The minimum atomic E-state index is -1.26. The lowest BCUT2D eigenvalue weighted by atomic mass is 10.0. The summed E-state index contributed by atoms with van der Waals surface area (Å²) in [7, 11) is 0. The molecule has 0 aromatic heterocycles. The molecule has 0 fully saturated rings. The number of benzene rings is 2. The van der Waals surface area contributed by atoms with Crippen LogP contribution in [0.2, 0.25) is 0 Å².